The average molecular weight is 1350 g/mol. The number of hydrogen-bond donors (Lipinski definition) is 0. The molecule has 4 aliphatic rings. The van der Waals surface area contributed by atoms with Crippen LogP contribution in [0.2, 0.25) is 0 Å². The van der Waals surface area contributed by atoms with Crippen molar-refractivity contribution >= 4 is 0 Å². The topological polar surface area (TPSA) is 70.0 Å². The van der Waals surface area contributed by atoms with E-state index in [-0.39, 0.29) is 0 Å². The van der Waals surface area contributed by atoms with Crippen LogP contribution < -0.4 is 9.47 Å². The Morgan fingerprint density at radius 3 is 0.981 bits per heavy atom. The molecular weight excluding hydrogens is 1290 g/mol. The van der Waals surface area contributed by atoms with Crippen LogP contribution >= 0.6 is 0 Å². The molecule has 2 spiro atoms. The third-order valence-corrected chi connectivity index (χ3v) is 22.1. The van der Waals surface area contributed by atoms with Crippen LogP contribution in [0.1, 0.15) is 44.5 Å². The molecule has 2 aromatic heterocycles. The highest BCUT2D eigenvalue weighted by Gasteiger charge is 2.53. The minimum absolute atomic E-state index is 0.620. The highest BCUT2D eigenvalue weighted by Crippen LogP contribution is 2.65. The van der Waals surface area contributed by atoms with Crippen LogP contribution in [0.4, 0.5) is 0 Å². The van der Waals surface area contributed by atoms with Crippen molar-refractivity contribution in [1.29, 1.82) is 0 Å². The molecule has 1 unspecified atom stereocenters. The molecule has 6 nitrogen and oxygen atoms in total. The maximum Gasteiger partial charge on any atom is 0.160 e. The molecule has 0 saturated heterocycles. The van der Waals surface area contributed by atoms with Crippen molar-refractivity contribution < 1.29 is 9.47 Å². The van der Waals surface area contributed by atoms with Crippen molar-refractivity contribution in [3.05, 3.63) is 421 Å². The zero-order valence-corrected chi connectivity index (χ0v) is 57.4. The fourth-order valence-corrected chi connectivity index (χ4v) is 17.6. The first-order chi connectivity index (χ1) is 52.5. The van der Waals surface area contributed by atoms with Gasteiger partial charge in [0.15, 0.2) is 11.6 Å². The first-order valence-corrected chi connectivity index (χ1v) is 36.2. The fraction of sp³-hybridized carbons (Fsp3) is 0.0200. The van der Waals surface area contributed by atoms with E-state index in [9.17, 15) is 0 Å². The number of fused-ring (bicyclic) bond motifs is 18. The molecule has 6 heteroatoms. The molecule has 0 radical (unpaired) electrons. The van der Waals surface area contributed by atoms with Crippen molar-refractivity contribution in [2.45, 2.75) is 10.8 Å². The normalized spacial score (nSPS) is 14.1. The average Bonchev–Trinajstić information content (AvgIpc) is 1.50. The summed E-state index contributed by atoms with van der Waals surface area (Å²) in [6, 6.07) is 135. The van der Waals surface area contributed by atoms with Gasteiger partial charge in [-0.2, -0.15) is 0 Å². The van der Waals surface area contributed by atoms with Gasteiger partial charge in [-0.15, -0.1) is 0 Å². The van der Waals surface area contributed by atoms with Crippen LogP contribution in [-0.2, 0) is 10.8 Å². The van der Waals surface area contributed by atoms with Crippen LogP contribution in [0.5, 0.6) is 23.0 Å². The number of benzene rings is 15. The third kappa shape index (κ3) is 9.37. The van der Waals surface area contributed by atoms with Gasteiger partial charge < -0.3 is 9.47 Å². The molecule has 494 valence electrons. The lowest BCUT2D eigenvalue weighted by atomic mass is 9.65. The Bertz CT molecular complexity index is 6380. The summed E-state index contributed by atoms with van der Waals surface area (Å²) in [6.07, 6.45) is 0. The monoisotopic (exact) mass is 1350 g/mol. The Kier molecular flexibility index (Phi) is 14.0. The molecular formula is C100H62N4O2. The highest BCUT2D eigenvalue weighted by atomic mass is 16.5. The standard InChI is InChI=1S/C100H62N4O2/c1-4-28-63(29-5-1)70-36-10-13-41-76(70)90-62-91(104-98(103-90)65-32-8-3-9-33-65)78-43-15-12-38-72(78)68-55-57-95-87(60-68)100(84-50-23-25-53-93(84)106-95)82-48-21-18-44-79(82)96-73(45-27-51-85(96)100)66-34-26-35-69(58-66)88-61-89(102-97(101-88)64-30-6-2-7-31-64)77-42-14-11-37-71(77)67-54-56-94-86(59-67)99(83-49-22-24-52-92(83)105-94)80-46-19-16-39-74(80)75-40-17-20-47-81(75)99/h1-62H. The predicted octanol–water partition coefficient (Wildman–Crippen LogP) is 24.9. The molecule has 4 heterocycles. The van der Waals surface area contributed by atoms with Gasteiger partial charge in [0.1, 0.15) is 23.0 Å². The van der Waals surface area contributed by atoms with Gasteiger partial charge >= 0.3 is 0 Å². The maximum absolute atomic E-state index is 7.11. The molecule has 2 aliphatic heterocycles. The van der Waals surface area contributed by atoms with Gasteiger partial charge in [-0.1, -0.05) is 322 Å². The first-order valence-electron chi connectivity index (χ1n) is 36.2. The predicted molar refractivity (Wildman–Crippen MR) is 427 cm³/mol. The third-order valence-electron chi connectivity index (χ3n) is 22.1. The summed E-state index contributed by atoms with van der Waals surface area (Å²) < 4.78 is 14.0. The van der Waals surface area contributed by atoms with Gasteiger partial charge in [-0.05, 0) is 144 Å². The molecule has 0 N–H and O–H groups in total. The summed E-state index contributed by atoms with van der Waals surface area (Å²) in [5.74, 6) is 4.63. The minimum atomic E-state index is -0.792. The Hall–Kier alpha value is -13.9. The van der Waals surface area contributed by atoms with E-state index < -0.39 is 10.8 Å². The zero-order chi connectivity index (χ0) is 69.9. The summed E-state index contributed by atoms with van der Waals surface area (Å²) >= 11 is 0. The summed E-state index contributed by atoms with van der Waals surface area (Å²) in [7, 11) is 0. The largest absolute Gasteiger partial charge is 0.457 e. The van der Waals surface area contributed by atoms with Crippen molar-refractivity contribution in [3.8, 4) is 158 Å². The number of para-hydroxylation sites is 2. The van der Waals surface area contributed by atoms with E-state index >= 15 is 0 Å². The van der Waals surface area contributed by atoms with E-state index in [1.807, 2.05) is 24.3 Å². The van der Waals surface area contributed by atoms with Gasteiger partial charge in [0, 0.05) is 55.6 Å². The molecule has 0 amide bonds. The summed E-state index contributed by atoms with van der Waals surface area (Å²) in [4.78, 5) is 21.8. The first kappa shape index (κ1) is 60.8. The van der Waals surface area contributed by atoms with Crippen molar-refractivity contribution in [2.75, 3.05) is 0 Å². The maximum atomic E-state index is 7.11. The van der Waals surface area contributed by atoms with Gasteiger partial charge in [0.2, 0.25) is 0 Å². The Morgan fingerprint density at radius 1 is 0.170 bits per heavy atom. The van der Waals surface area contributed by atoms with Crippen LogP contribution in [0.3, 0.4) is 0 Å². The molecule has 2 aliphatic carbocycles. The Balaban J connectivity index is 0.701. The molecule has 1 atom stereocenters. The van der Waals surface area contributed by atoms with E-state index in [4.69, 9.17) is 29.4 Å². The van der Waals surface area contributed by atoms with Crippen molar-refractivity contribution in [3.63, 3.8) is 0 Å². The quantitative estimate of drug-likeness (QED) is 0.136. The zero-order valence-electron chi connectivity index (χ0n) is 57.4. The van der Waals surface area contributed by atoms with Gasteiger partial charge in [-0.25, -0.2) is 19.9 Å². The Morgan fingerprint density at radius 2 is 0.481 bits per heavy atom. The molecule has 15 aromatic carbocycles. The second kappa shape index (κ2) is 24.4. The molecule has 0 fully saturated rings. The van der Waals surface area contributed by atoms with Crippen molar-refractivity contribution in [2.24, 2.45) is 0 Å². The number of hydrogen-bond acceptors (Lipinski definition) is 6. The van der Waals surface area contributed by atoms with Crippen LogP contribution in [0.15, 0.2) is 376 Å². The summed E-state index contributed by atoms with van der Waals surface area (Å²) in [5, 5.41) is 0. The van der Waals surface area contributed by atoms with Crippen LogP contribution in [-0.4, -0.2) is 19.9 Å². The number of ether oxygens (including phenoxy) is 2. The number of rotatable bonds is 10. The second-order valence-corrected chi connectivity index (χ2v) is 27.7. The smallest absolute Gasteiger partial charge is 0.160 e. The Labute approximate surface area is 614 Å². The second-order valence-electron chi connectivity index (χ2n) is 27.7. The van der Waals surface area contributed by atoms with Gasteiger partial charge in [0.05, 0.1) is 33.6 Å². The van der Waals surface area contributed by atoms with E-state index in [1.165, 1.54) is 44.5 Å². The molecule has 0 saturated carbocycles. The highest BCUT2D eigenvalue weighted by molar-refractivity contribution is 5.99. The van der Waals surface area contributed by atoms with Gasteiger partial charge in [-0.3, -0.25) is 0 Å². The van der Waals surface area contributed by atoms with Crippen LogP contribution in [0.25, 0.3) is 135 Å². The summed E-state index contributed by atoms with van der Waals surface area (Å²) in [6.45, 7) is 0. The molecule has 106 heavy (non-hydrogen) atoms. The number of nitrogens with zero attached hydrogens (tertiary/aromatic N) is 4. The number of aromatic nitrogens is 4. The molecule has 17 aromatic rings. The minimum Gasteiger partial charge on any atom is -0.457 e. The molecule has 21 rings (SSSR count). The van der Waals surface area contributed by atoms with E-state index in [0.717, 1.165) is 146 Å². The lowest BCUT2D eigenvalue weighted by Crippen LogP contribution is -2.32. The fourth-order valence-electron chi connectivity index (χ4n) is 17.6. The van der Waals surface area contributed by atoms with E-state index in [2.05, 4.69) is 352 Å². The van der Waals surface area contributed by atoms with E-state index in [1.54, 1.807) is 0 Å². The van der Waals surface area contributed by atoms with Crippen molar-refractivity contribution in [1.82, 2.24) is 19.9 Å². The lowest BCUT2D eigenvalue weighted by molar-refractivity contribution is 0.436. The summed E-state index contributed by atoms with van der Waals surface area (Å²) in [5.41, 5.74) is 30.4. The van der Waals surface area contributed by atoms with Crippen LogP contribution in [0, 0.1) is 0 Å². The van der Waals surface area contributed by atoms with Gasteiger partial charge in [0.25, 0.3) is 0 Å². The molecule has 0 bridgehead atoms. The lowest BCUT2D eigenvalue weighted by Gasteiger charge is -2.39. The van der Waals surface area contributed by atoms with E-state index in [0.29, 0.717) is 11.6 Å². The SMILES string of the molecule is c1ccc(-c2nc(-c3cccc(-c4cccc5c4-c4ccccc4C54c5ccccc5Oc5ccc(-c6ccccc6-c6cc(-c7ccccc7-c7ccccc7)nc(-c7ccccc7)n6)cc54)c3)cc(-c3ccccc3-c3ccc4c(c3)C3(c5ccccc5O4)c4ccccc4-c4ccccc43)n2)cc1.